The molecule has 106 valence electrons. The maximum Gasteiger partial charge on any atom is 0.236 e. The molecule has 2 N–H and O–H groups in total. The first-order chi connectivity index (χ1) is 8.55. The number of likely N-dealkylation sites (N-methyl/N-ethyl adjacent to an activating group) is 1. The third-order valence-corrected chi connectivity index (χ3v) is 5.04. The van der Waals surface area contributed by atoms with Crippen molar-refractivity contribution in [2.75, 3.05) is 18.5 Å². The fourth-order valence-corrected chi connectivity index (χ4v) is 2.46. The van der Waals surface area contributed by atoms with E-state index in [0.717, 1.165) is 0 Å². The maximum atomic E-state index is 12.2. The van der Waals surface area contributed by atoms with Gasteiger partial charge in [0.1, 0.15) is 0 Å². The molecule has 0 aliphatic rings. The van der Waals surface area contributed by atoms with Crippen molar-refractivity contribution >= 4 is 21.4 Å². The van der Waals surface area contributed by atoms with Crippen molar-refractivity contribution in [2.45, 2.75) is 30.5 Å². The van der Waals surface area contributed by atoms with E-state index in [2.05, 4.69) is 4.98 Å². The van der Waals surface area contributed by atoms with Crippen LogP contribution in [-0.4, -0.2) is 37.6 Å². The number of primary amides is 1. The molecule has 0 saturated carbocycles. The summed E-state index contributed by atoms with van der Waals surface area (Å²) in [6.45, 7) is 4.92. The van der Waals surface area contributed by atoms with Crippen LogP contribution in [0.15, 0.2) is 23.4 Å². The van der Waals surface area contributed by atoms with Gasteiger partial charge >= 0.3 is 0 Å². The monoisotopic (exact) mass is 285 g/mol. The second-order valence-electron chi connectivity index (χ2n) is 5.29. The highest BCUT2D eigenvalue weighted by atomic mass is 32.2. The molecule has 19 heavy (non-hydrogen) atoms. The summed E-state index contributed by atoms with van der Waals surface area (Å²) in [6, 6.07) is 3.04. The summed E-state index contributed by atoms with van der Waals surface area (Å²) in [5.41, 5.74) is 5.72. The molecular formula is C12H19N3O3S. The van der Waals surface area contributed by atoms with Crippen molar-refractivity contribution in [1.29, 1.82) is 0 Å². The van der Waals surface area contributed by atoms with E-state index in [1.54, 1.807) is 38.8 Å². The van der Waals surface area contributed by atoms with Crippen molar-refractivity contribution in [3.63, 3.8) is 0 Å². The lowest BCUT2D eigenvalue weighted by atomic mass is 10.3. The predicted octanol–water partition coefficient (Wildman–Crippen LogP) is 0.575. The number of nitrogens with zero attached hydrogens (tertiary/aromatic N) is 2. The molecule has 0 radical (unpaired) electrons. The van der Waals surface area contributed by atoms with Gasteiger partial charge in [0.2, 0.25) is 5.91 Å². The Bertz CT molecular complexity index is 559. The Labute approximate surface area is 113 Å². The molecule has 0 bridgehead atoms. The number of aromatic nitrogens is 1. The van der Waals surface area contributed by atoms with Gasteiger partial charge in [-0.05, 0) is 32.9 Å². The van der Waals surface area contributed by atoms with E-state index >= 15 is 0 Å². The maximum absolute atomic E-state index is 12.2. The molecule has 1 amide bonds. The SMILES string of the molecule is CN(CC(N)=O)c1ccc(S(=O)(=O)C(C)(C)C)nc1. The quantitative estimate of drug-likeness (QED) is 0.873. The molecule has 6 nitrogen and oxygen atoms in total. The third-order valence-electron chi connectivity index (χ3n) is 2.64. The van der Waals surface area contributed by atoms with Gasteiger partial charge in [-0.15, -0.1) is 0 Å². The van der Waals surface area contributed by atoms with Crippen LogP contribution in [0.5, 0.6) is 0 Å². The van der Waals surface area contributed by atoms with Gasteiger partial charge < -0.3 is 10.6 Å². The van der Waals surface area contributed by atoms with Gasteiger partial charge in [-0.3, -0.25) is 4.79 Å². The van der Waals surface area contributed by atoms with Crippen LogP contribution in [0.1, 0.15) is 20.8 Å². The van der Waals surface area contributed by atoms with Crippen LogP contribution in [0.2, 0.25) is 0 Å². The number of amides is 1. The molecule has 0 unspecified atom stereocenters. The van der Waals surface area contributed by atoms with Gasteiger partial charge in [-0.25, -0.2) is 13.4 Å². The highest BCUT2D eigenvalue weighted by Gasteiger charge is 2.31. The molecule has 7 heteroatoms. The van der Waals surface area contributed by atoms with E-state index in [1.165, 1.54) is 12.3 Å². The molecule has 1 aromatic heterocycles. The molecule has 0 aliphatic carbocycles. The van der Waals surface area contributed by atoms with E-state index in [4.69, 9.17) is 5.73 Å². The Balaban J connectivity index is 3.04. The van der Waals surface area contributed by atoms with Crippen LogP contribution in [0.3, 0.4) is 0 Å². The Morgan fingerprint density at radius 3 is 2.32 bits per heavy atom. The van der Waals surface area contributed by atoms with Gasteiger partial charge in [0.05, 0.1) is 23.2 Å². The second kappa shape index (κ2) is 5.16. The first kappa shape index (κ1) is 15.4. The molecule has 0 aromatic carbocycles. The summed E-state index contributed by atoms with van der Waals surface area (Å²) in [4.78, 5) is 16.4. The van der Waals surface area contributed by atoms with E-state index in [-0.39, 0.29) is 11.6 Å². The summed E-state index contributed by atoms with van der Waals surface area (Å²) in [5, 5.41) is 0.0243. The number of anilines is 1. The van der Waals surface area contributed by atoms with Gasteiger partial charge in [-0.2, -0.15) is 0 Å². The largest absolute Gasteiger partial charge is 0.368 e. The number of sulfone groups is 1. The van der Waals surface area contributed by atoms with Crippen molar-refractivity contribution < 1.29 is 13.2 Å². The normalized spacial score (nSPS) is 12.2. The molecule has 1 rings (SSSR count). The Hall–Kier alpha value is -1.63. The van der Waals surface area contributed by atoms with Gasteiger partial charge in [0.15, 0.2) is 14.9 Å². The van der Waals surface area contributed by atoms with Crippen molar-refractivity contribution in [1.82, 2.24) is 4.98 Å². The molecule has 0 spiro atoms. The average Bonchev–Trinajstić information content (AvgIpc) is 2.26. The summed E-state index contributed by atoms with van der Waals surface area (Å²) in [5.74, 6) is -0.464. The molecular weight excluding hydrogens is 266 g/mol. The van der Waals surface area contributed by atoms with Gasteiger partial charge in [0, 0.05) is 7.05 Å². The van der Waals surface area contributed by atoms with Crippen molar-refractivity contribution in [3.05, 3.63) is 18.3 Å². The number of carbonyl (C=O) groups excluding carboxylic acids is 1. The topological polar surface area (TPSA) is 93.4 Å². The van der Waals surface area contributed by atoms with Crippen LogP contribution in [0.25, 0.3) is 0 Å². The van der Waals surface area contributed by atoms with Crippen LogP contribution in [0.4, 0.5) is 5.69 Å². The van der Waals surface area contributed by atoms with Gasteiger partial charge in [-0.1, -0.05) is 0 Å². The zero-order valence-corrected chi connectivity index (χ0v) is 12.4. The lowest BCUT2D eigenvalue weighted by Gasteiger charge is -2.20. The highest BCUT2D eigenvalue weighted by Crippen LogP contribution is 2.24. The fourth-order valence-electron chi connectivity index (χ4n) is 1.40. The lowest BCUT2D eigenvalue weighted by Crippen LogP contribution is -2.31. The number of pyridine rings is 1. The standard InChI is InChI=1S/C12H19N3O3S/c1-12(2,3)19(17,18)11-6-5-9(7-14-11)15(4)8-10(13)16/h5-7H,8H2,1-4H3,(H2,13,16). The first-order valence-corrected chi connectivity index (χ1v) is 7.24. The molecule has 0 aliphatic heterocycles. The van der Waals surface area contributed by atoms with Crippen LogP contribution in [-0.2, 0) is 14.6 Å². The molecule has 0 atom stereocenters. The van der Waals surface area contributed by atoms with Crippen molar-refractivity contribution in [2.24, 2.45) is 5.73 Å². The van der Waals surface area contributed by atoms with E-state index in [1.807, 2.05) is 0 Å². The fraction of sp³-hybridized carbons (Fsp3) is 0.500. The summed E-state index contributed by atoms with van der Waals surface area (Å²) in [7, 11) is -1.78. The first-order valence-electron chi connectivity index (χ1n) is 5.76. The average molecular weight is 285 g/mol. The lowest BCUT2D eigenvalue weighted by molar-refractivity contribution is -0.116. The zero-order valence-electron chi connectivity index (χ0n) is 11.5. The number of nitrogens with two attached hydrogens (primary N) is 1. The number of hydrogen-bond donors (Lipinski definition) is 1. The summed E-state index contributed by atoms with van der Waals surface area (Å²) in [6.07, 6.45) is 1.42. The van der Waals surface area contributed by atoms with E-state index in [9.17, 15) is 13.2 Å². The summed E-state index contributed by atoms with van der Waals surface area (Å²) >= 11 is 0. The van der Waals surface area contributed by atoms with E-state index in [0.29, 0.717) is 5.69 Å². The molecule has 1 heterocycles. The number of rotatable bonds is 4. The van der Waals surface area contributed by atoms with Crippen LogP contribution in [0, 0.1) is 0 Å². The number of hydrogen-bond acceptors (Lipinski definition) is 5. The van der Waals surface area contributed by atoms with Crippen molar-refractivity contribution in [3.8, 4) is 0 Å². The zero-order chi connectivity index (χ0) is 14.8. The molecule has 0 saturated heterocycles. The Morgan fingerprint density at radius 1 is 1.37 bits per heavy atom. The smallest absolute Gasteiger partial charge is 0.236 e. The molecule has 1 aromatic rings. The van der Waals surface area contributed by atoms with Gasteiger partial charge in [0.25, 0.3) is 0 Å². The highest BCUT2D eigenvalue weighted by molar-refractivity contribution is 7.92. The Kier molecular flexibility index (Phi) is 4.19. The minimum atomic E-state index is -3.46. The van der Waals surface area contributed by atoms with E-state index < -0.39 is 20.5 Å². The minimum Gasteiger partial charge on any atom is -0.368 e. The van der Waals surface area contributed by atoms with Crippen LogP contribution >= 0.6 is 0 Å². The third kappa shape index (κ3) is 3.44. The molecule has 0 fully saturated rings. The minimum absolute atomic E-state index is 0.0243. The predicted molar refractivity (Wildman–Crippen MR) is 73.6 cm³/mol. The van der Waals surface area contributed by atoms with Crippen LogP contribution < -0.4 is 10.6 Å². The summed E-state index contributed by atoms with van der Waals surface area (Å²) < 4.78 is 23.4. The second-order valence-corrected chi connectivity index (χ2v) is 7.94. The number of carbonyl (C=O) groups is 1. The Morgan fingerprint density at radius 2 is 1.95 bits per heavy atom.